The standard InChI is InChI=1S/C7H7/c1-3-5-7-6-4-2/h6-7H2,1H3. The molecular formula is C7H7. The molecule has 0 heterocycles. The Hall–Kier alpha value is -0.880. The summed E-state index contributed by atoms with van der Waals surface area (Å²) < 4.78 is 0. The van der Waals surface area contributed by atoms with Gasteiger partial charge in [0.05, 0.1) is 0 Å². The van der Waals surface area contributed by atoms with E-state index in [0.29, 0.717) is 6.42 Å². The van der Waals surface area contributed by atoms with E-state index in [2.05, 4.69) is 17.8 Å². The summed E-state index contributed by atoms with van der Waals surface area (Å²) >= 11 is 0. The lowest BCUT2D eigenvalue weighted by atomic mass is 10.3. The lowest BCUT2D eigenvalue weighted by Gasteiger charge is -1.72. The Morgan fingerprint density at radius 3 is 2.57 bits per heavy atom. The zero-order valence-electron chi connectivity index (χ0n) is 4.41. The van der Waals surface area contributed by atoms with Crippen molar-refractivity contribution in [2.75, 3.05) is 0 Å². The second kappa shape index (κ2) is 5.12. The van der Waals surface area contributed by atoms with Gasteiger partial charge in [0.15, 0.2) is 0 Å². The van der Waals surface area contributed by atoms with Crippen LogP contribution in [-0.4, -0.2) is 0 Å². The summed E-state index contributed by atoms with van der Waals surface area (Å²) in [5.74, 6) is 7.80. The maximum Gasteiger partial charge on any atom is 0.0209 e. The molecular weight excluding hydrogens is 84.1 g/mol. The third kappa shape index (κ3) is 5.12. The highest BCUT2D eigenvalue weighted by molar-refractivity contribution is 4.97. The molecule has 1 radical (unpaired) electrons. The van der Waals surface area contributed by atoms with E-state index in [9.17, 15) is 0 Å². The maximum atomic E-state index is 6.46. The van der Waals surface area contributed by atoms with Crippen LogP contribution in [0.3, 0.4) is 0 Å². The van der Waals surface area contributed by atoms with E-state index < -0.39 is 0 Å². The van der Waals surface area contributed by atoms with E-state index in [4.69, 9.17) is 6.42 Å². The zero-order valence-corrected chi connectivity index (χ0v) is 4.41. The lowest BCUT2D eigenvalue weighted by Crippen LogP contribution is -1.60. The highest BCUT2D eigenvalue weighted by atomic mass is 13.7. The van der Waals surface area contributed by atoms with E-state index in [1.807, 2.05) is 0 Å². The summed E-state index contributed by atoms with van der Waals surface area (Å²) in [6.45, 7) is 1.80. The molecule has 0 aromatic carbocycles. The molecule has 0 aliphatic rings. The van der Waals surface area contributed by atoms with Crippen molar-refractivity contribution in [3.8, 4) is 17.8 Å². The quantitative estimate of drug-likeness (QED) is 0.338. The third-order valence-electron chi connectivity index (χ3n) is 0.552. The van der Waals surface area contributed by atoms with Gasteiger partial charge in [0.1, 0.15) is 0 Å². The van der Waals surface area contributed by atoms with Crippen LogP contribution in [0.2, 0.25) is 0 Å². The second-order valence-electron chi connectivity index (χ2n) is 1.10. The van der Waals surface area contributed by atoms with Crippen molar-refractivity contribution < 1.29 is 0 Å². The fourth-order valence-corrected chi connectivity index (χ4v) is 0.250. The first-order valence-corrected chi connectivity index (χ1v) is 2.21. The van der Waals surface area contributed by atoms with Crippen LogP contribution in [0.25, 0.3) is 0 Å². The summed E-state index contributed by atoms with van der Waals surface area (Å²) in [5.41, 5.74) is 0. The molecule has 0 atom stereocenters. The molecule has 0 aromatic rings. The van der Waals surface area contributed by atoms with Gasteiger partial charge in [0.25, 0.3) is 0 Å². The molecule has 0 spiro atoms. The first kappa shape index (κ1) is 6.12. The second-order valence-corrected chi connectivity index (χ2v) is 1.10. The van der Waals surface area contributed by atoms with Crippen LogP contribution < -0.4 is 0 Å². The predicted molar refractivity (Wildman–Crippen MR) is 29.8 cm³/mol. The van der Waals surface area contributed by atoms with Crippen LogP contribution in [0.1, 0.15) is 19.8 Å². The minimum atomic E-state index is 0.668. The van der Waals surface area contributed by atoms with Crippen molar-refractivity contribution in [2.24, 2.45) is 0 Å². The molecule has 0 amide bonds. The Kier molecular flexibility index (Phi) is 4.48. The smallest absolute Gasteiger partial charge is 0.0209 e. The van der Waals surface area contributed by atoms with Crippen molar-refractivity contribution in [1.29, 1.82) is 0 Å². The number of unbranched alkanes of at least 4 members (excludes halogenated alkanes) is 1. The first-order chi connectivity index (χ1) is 3.41. The molecule has 0 heteroatoms. The van der Waals surface area contributed by atoms with Gasteiger partial charge in [-0.3, -0.25) is 0 Å². The van der Waals surface area contributed by atoms with Gasteiger partial charge in [0, 0.05) is 12.8 Å². The molecule has 0 saturated carbocycles. The fraction of sp³-hybridized carbons (Fsp3) is 0.429. The molecule has 0 bridgehead atoms. The van der Waals surface area contributed by atoms with Gasteiger partial charge in [0.2, 0.25) is 0 Å². The van der Waals surface area contributed by atoms with E-state index in [0.717, 1.165) is 6.42 Å². The Bertz CT molecular complexity index is 115. The molecule has 0 rings (SSSR count). The first-order valence-electron chi connectivity index (χ1n) is 2.21. The third-order valence-corrected chi connectivity index (χ3v) is 0.552. The van der Waals surface area contributed by atoms with Gasteiger partial charge in [-0.25, -0.2) is 0 Å². The van der Waals surface area contributed by atoms with Crippen LogP contribution in [0.5, 0.6) is 0 Å². The summed E-state index contributed by atoms with van der Waals surface area (Å²) in [5, 5.41) is 0. The van der Waals surface area contributed by atoms with Crippen molar-refractivity contribution >= 4 is 0 Å². The highest BCUT2D eigenvalue weighted by Gasteiger charge is 1.68. The Morgan fingerprint density at radius 1 is 1.43 bits per heavy atom. The summed E-state index contributed by atoms with van der Waals surface area (Å²) in [6.07, 6.45) is 7.91. The monoisotopic (exact) mass is 91.1 g/mol. The molecule has 0 unspecified atom stereocenters. The van der Waals surface area contributed by atoms with E-state index in [1.54, 1.807) is 6.92 Å². The van der Waals surface area contributed by atoms with Gasteiger partial charge in [-0.1, -0.05) is 5.92 Å². The molecule has 0 saturated heterocycles. The van der Waals surface area contributed by atoms with E-state index in [1.165, 1.54) is 0 Å². The fourth-order valence-electron chi connectivity index (χ4n) is 0.250. The summed E-state index contributed by atoms with van der Waals surface area (Å²) in [6, 6.07) is 0. The van der Waals surface area contributed by atoms with E-state index in [-0.39, 0.29) is 0 Å². The van der Waals surface area contributed by atoms with Crippen molar-refractivity contribution in [3.63, 3.8) is 0 Å². The average Bonchev–Trinajstić information content (AvgIpc) is 1.69. The SMILES string of the molecule is [C]#CCCC#CC. The van der Waals surface area contributed by atoms with Crippen LogP contribution >= 0.6 is 0 Å². The molecule has 0 aliphatic heterocycles. The summed E-state index contributed by atoms with van der Waals surface area (Å²) in [7, 11) is 0. The molecule has 0 N–H and O–H groups in total. The molecule has 35 valence electrons. The minimum absolute atomic E-state index is 0.668. The number of rotatable bonds is 1. The van der Waals surface area contributed by atoms with Gasteiger partial charge in [-0.2, -0.15) is 0 Å². The Morgan fingerprint density at radius 2 is 2.14 bits per heavy atom. The molecule has 0 aromatic heterocycles. The number of hydrogen-bond donors (Lipinski definition) is 0. The zero-order chi connectivity index (χ0) is 5.54. The molecule has 0 fully saturated rings. The van der Waals surface area contributed by atoms with Crippen molar-refractivity contribution in [3.05, 3.63) is 6.42 Å². The van der Waals surface area contributed by atoms with Crippen molar-refractivity contribution in [1.82, 2.24) is 0 Å². The average molecular weight is 91.1 g/mol. The molecule has 0 aliphatic carbocycles. The van der Waals surface area contributed by atoms with Crippen LogP contribution in [-0.2, 0) is 0 Å². The van der Waals surface area contributed by atoms with Gasteiger partial charge >= 0.3 is 0 Å². The van der Waals surface area contributed by atoms with Gasteiger partial charge in [-0.05, 0) is 13.3 Å². The van der Waals surface area contributed by atoms with Gasteiger partial charge < -0.3 is 0 Å². The van der Waals surface area contributed by atoms with Gasteiger partial charge in [-0.15, -0.1) is 11.8 Å². The predicted octanol–water partition coefficient (Wildman–Crippen LogP) is 1.38. The largest absolute Gasteiger partial charge is 0.107 e. The maximum absolute atomic E-state index is 6.46. The van der Waals surface area contributed by atoms with E-state index >= 15 is 0 Å². The van der Waals surface area contributed by atoms with Crippen LogP contribution in [0, 0.1) is 24.2 Å². The minimum Gasteiger partial charge on any atom is -0.107 e. The number of hydrogen-bond acceptors (Lipinski definition) is 0. The summed E-state index contributed by atoms with van der Waals surface area (Å²) in [4.78, 5) is 0. The normalized spacial score (nSPS) is 5.71. The molecule has 7 heavy (non-hydrogen) atoms. The van der Waals surface area contributed by atoms with Crippen LogP contribution in [0.4, 0.5) is 0 Å². The molecule has 0 nitrogen and oxygen atoms in total. The lowest BCUT2D eigenvalue weighted by molar-refractivity contribution is 1.12. The topological polar surface area (TPSA) is 0 Å². The Balaban J connectivity index is 2.98. The Labute approximate surface area is 44.9 Å². The highest BCUT2D eigenvalue weighted by Crippen LogP contribution is 1.79. The van der Waals surface area contributed by atoms with Crippen LogP contribution in [0.15, 0.2) is 0 Å². The van der Waals surface area contributed by atoms with Crippen molar-refractivity contribution in [2.45, 2.75) is 19.8 Å².